The smallest absolute Gasteiger partial charge is 0.234 e. The van der Waals surface area contributed by atoms with Crippen LogP contribution in [0.4, 0.5) is 11.6 Å². The summed E-state index contributed by atoms with van der Waals surface area (Å²) in [5.74, 6) is 0.864. The van der Waals surface area contributed by atoms with E-state index in [2.05, 4.69) is 34.3 Å². The summed E-state index contributed by atoms with van der Waals surface area (Å²) in [6.07, 6.45) is 0. The maximum absolute atomic E-state index is 11.8. The number of aromatic nitrogens is 3. The Kier molecular flexibility index (Phi) is 4.62. The van der Waals surface area contributed by atoms with Gasteiger partial charge in [-0.15, -0.1) is 5.10 Å². The molecule has 20 heavy (non-hydrogen) atoms. The first-order chi connectivity index (χ1) is 9.54. The second kappa shape index (κ2) is 6.42. The molecule has 6 nitrogen and oxygen atoms in total. The predicted molar refractivity (Wildman–Crippen MR) is 80.7 cm³/mol. The van der Waals surface area contributed by atoms with Crippen molar-refractivity contribution in [3.8, 4) is 0 Å². The fourth-order valence-corrected chi connectivity index (χ4v) is 2.21. The van der Waals surface area contributed by atoms with Crippen LogP contribution in [0, 0.1) is 0 Å². The summed E-state index contributed by atoms with van der Waals surface area (Å²) in [6.45, 7) is 4.26. The van der Waals surface area contributed by atoms with Crippen LogP contribution in [-0.4, -0.2) is 26.8 Å². The van der Waals surface area contributed by atoms with Gasteiger partial charge in [-0.2, -0.15) is 4.98 Å². The van der Waals surface area contributed by atoms with Gasteiger partial charge in [0.25, 0.3) is 0 Å². The van der Waals surface area contributed by atoms with Gasteiger partial charge in [-0.1, -0.05) is 37.7 Å². The highest BCUT2D eigenvalue weighted by molar-refractivity contribution is 7.99. The first kappa shape index (κ1) is 14.4. The molecule has 7 heteroatoms. The number of H-pyrrole nitrogens is 1. The lowest BCUT2D eigenvalue weighted by Crippen LogP contribution is -2.14. The minimum absolute atomic E-state index is 0.101. The van der Waals surface area contributed by atoms with Crippen LogP contribution >= 0.6 is 11.8 Å². The lowest BCUT2D eigenvalue weighted by Gasteiger charge is -2.07. The van der Waals surface area contributed by atoms with Crippen molar-refractivity contribution in [2.24, 2.45) is 0 Å². The molecule has 0 bridgehead atoms. The molecule has 1 amide bonds. The van der Waals surface area contributed by atoms with Gasteiger partial charge in [-0.05, 0) is 23.6 Å². The summed E-state index contributed by atoms with van der Waals surface area (Å²) in [6, 6.07) is 7.85. The molecule has 0 radical (unpaired) electrons. The second-order valence-electron chi connectivity index (χ2n) is 4.62. The highest BCUT2D eigenvalue weighted by Crippen LogP contribution is 2.18. The molecule has 1 aromatic heterocycles. The van der Waals surface area contributed by atoms with E-state index in [1.165, 1.54) is 17.3 Å². The third-order valence-corrected chi connectivity index (χ3v) is 3.52. The van der Waals surface area contributed by atoms with Gasteiger partial charge in [0, 0.05) is 5.69 Å². The molecule has 0 saturated carbocycles. The number of aromatic amines is 1. The molecule has 2 rings (SSSR count). The number of amides is 1. The molecule has 0 aliphatic heterocycles. The van der Waals surface area contributed by atoms with Crippen molar-refractivity contribution < 1.29 is 4.79 Å². The van der Waals surface area contributed by atoms with E-state index < -0.39 is 0 Å². The largest absolute Gasteiger partial charge is 0.368 e. The van der Waals surface area contributed by atoms with Crippen molar-refractivity contribution in [1.29, 1.82) is 0 Å². The van der Waals surface area contributed by atoms with Gasteiger partial charge in [0.1, 0.15) is 0 Å². The Bertz CT molecular complexity index is 579. The third-order valence-electron chi connectivity index (χ3n) is 2.68. The van der Waals surface area contributed by atoms with E-state index in [4.69, 9.17) is 5.73 Å². The zero-order valence-electron chi connectivity index (χ0n) is 11.4. The summed E-state index contributed by atoms with van der Waals surface area (Å²) >= 11 is 1.23. The van der Waals surface area contributed by atoms with Gasteiger partial charge in [-0.25, -0.2) is 5.10 Å². The van der Waals surface area contributed by atoms with E-state index in [1.54, 1.807) is 0 Å². The lowest BCUT2D eigenvalue weighted by atomic mass is 10.0. The number of benzene rings is 1. The molecule has 0 saturated heterocycles. The summed E-state index contributed by atoms with van der Waals surface area (Å²) in [5.41, 5.74) is 7.43. The van der Waals surface area contributed by atoms with E-state index in [-0.39, 0.29) is 17.6 Å². The van der Waals surface area contributed by atoms with Crippen LogP contribution in [0.15, 0.2) is 29.4 Å². The highest BCUT2D eigenvalue weighted by Gasteiger charge is 2.07. The Morgan fingerprint density at radius 1 is 1.40 bits per heavy atom. The summed E-state index contributed by atoms with van der Waals surface area (Å²) in [5, 5.41) is 9.66. The predicted octanol–water partition coefficient (Wildman–Crippen LogP) is 2.24. The lowest BCUT2D eigenvalue weighted by molar-refractivity contribution is -0.113. The Morgan fingerprint density at radius 3 is 2.65 bits per heavy atom. The monoisotopic (exact) mass is 291 g/mol. The normalized spacial score (nSPS) is 10.8. The van der Waals surface area contributed by atoms with Gasteiger partial charge in [-0.3, -0.25) is 4.79 Å². The molecule has 4 N–H and O–H groups in total. The zero-order valence-corrected chi connectivity index (χ0v) is 12.2. The van der Waals surface area contributed by atoms with Crippen LogP contribution in [0.5, 0.6) is 0 Å². The second-order valence-corrected chi connectivity index (χ2v) is 5.56. The van der Waals surface area contributed by atoms with Gasteiger partial charge in [0.05, 0.1) is 5.75 Å². The average Bonchev–Trinajstić information content (AvgIpc) is 2.83. The van der Waals surface area contributed by atoms with Crippen molar-refractivity contribution in [2.45, 2.75) is 24.9 Å². The number of hydrogen-bond acceptors (Lipinski definition) is 5. The van der Waals surface area contributed by atoms with Crippen LogP contribution in [0.1, 0.15) is 25.3 Å². The van der Waals surface area contributed by atoms with Crippen LogP contribution in [0.2, 0.25) is 0 Å². The van der Waals surface area contributed by atoms with Crippen molar-refractivity contribution in [3.63, 3.8) is 0 Å². The quantitative estimate of drug-likeness (QED) is 0.734. The maximum atomic E-state index is 11.8. The number of carbonyl (C=O) groups is 1. The van der Waals surface area contributed by atoms with Gasteiger partial charge >= 0.3 is 0 Å². The van der Waals surface area contributed by atoms with E-state index in [9.17, 15) is 4.79 Å². The molecule has 0 aliphatic rings. The number of hydrogen-bond donors (Lipinski definition) is 3. The van der Waals surface area contributed by atoms with E-state index in [0.29, 0.717) is 11.1 Å². The van der Waals surface area contributed by atoms with Crippen molar-refractivity contribution in [1.82, 2.24) is 15.2 Å². The van der Waals surface area contributed by atoms with E-state index in [1.807, 2.05) is 24.3 Å². The molecule has 106 valence electrons. The number of nitrogens with two attached hydrogens (primary N) is 1. The highest BCUT2D eigenvalue weighted by atomic mass is 32.2. The molecule has 0 unspecified atom stereocenters. The minimum Gasteiger partial charge on any atom is -0.368 e. The molecule has 0 fully saturated rings. The van der Waals surface area contributed by atoms with E-state index in [0.717, 1.165) is 5.69 Å². The average molecular weight is 291 g/mol. The Morgan fingerprint density at radius 2 is 2.10 bits per heavy atom. The van der Waals surface area contributed by atoms with Crippen LogP contribution < -0.4 is 11.1 Å². The third kappa shape index (κ3) is 3.99. The molecule has 2 aromatic rings. The number of rotatable bonds is 5. The summed E-state index contributed by atoms with van der Waals surface area (Å²) in [4.78, 5) is 15.7. The molecule has 0 aliphatic carbocycles. The molecular formula is C13H17N5OS. The minimum atomic E-state index is -0.101. The summed E-state index contributed by atoms with van der Waals surface area (Å²) < 4.78 is 0. The Balaban J connectivity index is 1.84. The zero-order chi connectivity index (χ0) is 14.5. The number of nitrogens with zero attached hydrogens (tertiary/aromatic N) is 2. The van der Waals surface area contributed by atoms with Crippen molar-refractivity contribution >= 4 is 29.3 Å². The van der Waals surface area contributed by atoms with Crippen LogP contribution in [-0.2, 0) is 4.79 Å². The first-order valence-corrected chi connectivity index (χ1v) is 7.23. The first-order valence-electron chi connectivity index (χ1n) is 6.25. The SMILES string of the molecule is CC(C)c1ccc(NC(=O)CSc2n[nH]c(N)n2)cc1. The molecule has 0 spiro atoms. The van der Waals surface area contributed by atoms with Crippen molar-refractivity contribution in [3.05, 3.63) is 29.8 Å². The van der Waals surface area contributed by atoms with Gasteiger partial charge < -0.3 is 11.1 Å². The standard InChI is InChI=1S/C13H17N5OS/c1-8(2)9-3-5-10(6-4-9)15-11(19)7-20-13-16-12(14)17-18-13/h3-6,8H,7H2,1-2H3,(H,15,19)(H3,14,16,17,18). The topological polar surface area (TPSA) is 96.7 Å². The molecule has 0 atom stereocenters. The number of anilines is 2. The summed E-state index contributed by atoms with van der Waals surface area (Å²) in [7, 11) is 0. The van der Waals surface area contributed by atoms with Crippen LogP contribution in [0.3, 0.4) is 0 Å². The maximum Gasteiger partial charge on any atom is 0.234 e. The number of nitrogen functional groups attached to an aromatic ring is 1. The fourth-order valence-electron chi connectivity index (χ4n) is 1.60. The molecule has 1 aromatic carbocycles. The van der Waals surface area contributed by atoms with Crippen LogP contribution in [0.25, 0.3) is 0 Å². The van der Waals surface area contributed by atoms with Gasteiger partial charge in [0.2, 0.25) is 17.0 Å². The molecule has 1 heterocycles. The van der Waals surface area contributed by atoms with E-state index >= 15 is 0 Å². The number of carbonyl (C=O) groups excluding carboxylic acids is 1. The van der Waals surface area contributed by atoms with Crippen molar-refractivity contribution in [2.75, 3.05) is 16.8 Å². The number of thioether (sulfide) groups is 1. The number of nitrogens with one attached hydrogen (secondary N) is 2. The fraction of sp³-hybridized carbons (Fsp3) is 0.308. The Labute approximate surface area is 121 Å². The van der Waals surface area contributed by atoms with Gasteiger partial charge in [0.15, 0.2) is 0 Å². The Hall–Kier alpha value is -2.02. The molecular weight excluding hydrogens is 274 g/mol.